The third-order valence-electron chi connectivity index (χ3n) is 4.01. The molecule has 5 nitrogen and oxygen atoms in total. The normalized spacial score (nSPS) is 11.5. The van der Waals surface area contributed by atoms with Crippen molar-refractivity contribution in [2.45, 2.75) is 40.0 Å². The smallest absolute Gasteiger partial charge is 0.271 e. The van der Waals surface area contributed by atoms with Crippen LogP contribution in [0.2, 0.25) is 0 Å². The van der Waals surface area contributed by atoms with Gasteiger partial charge in [0.1, 0.15) is 0 Å². The zero-order valence-electron chi connectivity index (χ0n) is 17.0. The highest BCUT2D eigenvalue weighted by atomic mass is 79.9. The highest BCUT2D eigenvalue weighted by Crippen LogP contribution is 2.36. The van der Waals surface area contributed by atoms with Gasteiger partial charge in [0, 0.05) is 5.56 Å². The largest absolute Gasteiger partial charge is 0.490 e. The predicted octanol–water partition coefficient (Wildman–Crippen LogP) is 5.31. The lowest BCUT2D eigenvalue weighted by atomic mass is 9.87. The van der Waals surface area contributed by atoms with Gasteiger partial charge in [-0.05, 0) is 70.6 Å². The minimum atomic E-state index is -0.258. The fourth-order valence-corrected chi connectivity index (χ4v) is 3.14. The molecule has 0 heterocycles. The van der Waals surface area contributed by atoms with Crippen molar-refractivity contribution in [3.63, 3.8) is 0 Å². The fourth-order valence-electron chi connectivity index (χ4n) is 2.56. The van der Waals surface area contributed by atoms with Crippen molar-refractivity contribution in [1.82, 2.24) is 5.43 Å². The van der Waals surface area contributed by atoms with Crippen LogP contribution in [0, 0.1) is 0 Å². The molecule has 0 aromatic heterocycles. The molecule has 0 bridgehead atoms. The SMILES string of the molecule is CCOc1cc(/C=N\NC(=O)c2ccc(C(C)(C)C)cc2)cc(Br)c1OCC. The molecule has 150 valence electrons. The Morgan fingerprint density at radius 1 is 1.11 bits per heavy atom. The molecule has 0 radical (unpaired) electrons. The van der Waals surface area contributed by atoms with Gasteiger partial charge < -0.3 is 9.47 Å². The Bertz CT molecular complexity index is 840. The molecule has 28 heavy (non-hydrogen) atoms. The summed E-state index contributed by atoms with van der Waals surface area (Å²) in [6.07, 6.45) is 1.57. The van der Waals surface area contributed by atoms with Crippen molar-refractivity contribution in [2.24, 2.45) is 5.10 Å². The lowest BCUT2D eigenvalue weighted by Gasteiger charge is -2.18. The van der Waals surface area contributed by atoms with Crippen molar-refractivity contribution < 1.29 is 14.3 Å². The van der Waals surface area contributed by atoms with Gasteiger partial charge in [-0.25, -0.2) is 5.43 Å². The van der Waals surface area contributed by atoms with Gasteiger partial charge in [0.15, 0.2) is 11.5 Å². The number of hydrogen-bond acceptors (Lipinski definition) is 4. The van der Waals surface area contributed by atoms with Crippen molar-refractivity contribution in [2.75, 3.05) is 13.2 Å². The number of hydrazone groups is 1. The van der Waals surface area contributed by atoms with Crippen molar-refractivity contribution in [3.8, 4) is 11.5 Å². The van der Waals surface area contributed by atoms with E-state index < -0.39 is 0 Å². The van der Waals surface area contributed by atoms with Gasteiger partial charge in [-0.3, -0.25) is 4.79 Å². The lowest BCUT2D eigenvalue weighted by Crippen LogP contribution is -2.18. The average Bonchev–Trinajstić information content (AvgIpc) is 2.64. The molecule has 0 spiro atoms. The maximum atomic E-state index is 12.3. The van der Waals surface area contributed by atoms with Crippen molar-refractivity contribution in [1.29, 1.82) is 0 Å². The number of carbonyl (C=O) groups excluding carboxylic acids is 1. The number of benzene rings is 2. The fraction of sp³-hybridized carbons (Fsp3) is 0.364. The first-order valence-electron chi connectivity index (χ1n) is 9.29. The molecular formula is C22H27BrN2O3. The van der Waals surface area contributed by atoms with Gasteiger partial charge in [0.2, 0.25) is 0 Å². The number of hydrogen-bond donors (Lipinski definition) is 1. The summed E-state index contributed by atoms with van der Waals surface area (Å²) in [6, 6.07) is 11.2. The highest BCUT2D eigenvalue weighted by molar-refractivity contribution is 9.10. The summed E-state index contributed by atoms with van der Waals surface area (Å²) in [6.45, 7) is 11.3. The maximum Gasteiger partial charge on any atom is 0.271 e. The quantitative estimate of drug-likeness (QED) is 0.463. The summed E-state index contributed by atoms with van der Waals surface area (Å²) >= 11 is 3.50. The van der Waals surface area contributed by atoms with Crippen LogP contribution in [0.3, 0.4) is 0 Å². The zero-order valence-corrected chi connectivity index (χ0v) is 18.6. The molecule has 1 amide bonds. The average molecular weight is 447 g/mol. The molecule has 0 saturated heterocycles. The Hall–Kier alpha value is -2.34. The van der Waals surface area contributed by atoms with Gasteiger partial charge in [0.05, 0.1) is 23.9 Å². The molecule has 2 rings (SSSR count). The molecule has 2 aromatic rings. The topological polar surface area (TPSA) is 59.9 Å². The third kappa shape index (κ3) is 5.83. The maximum absolute atomic E-state index is 12.3. The van der Waals surface area contributed by atoms with E-state index in [1.165, 1.54) is 5.56 Å². The second-order valence-electron chi connectivity index (χ2n) is 7.22. The first-order chi connectivity index (χ1) is 13.3. The summed E-state index contributed by atoms with van der Waals surface area (Å²) in [7, 11) is 0. The minimum absolute atomic E-state index is 0.0481. The first-order valence-corrected chi connectivity index (χ1v) is 10.1. The summed E-state index contributed by atoms with van der Waals surface area (Å²) in [5.41, 5.74) is 5.13. The monoisotopic (exact) mass is 446 g/mol. The van der Waals surface area contributed by atoms with E-state index in [4.69, 9.17) is 9.47 Å². The molecule has 1 N–H and O–H groups in total. The Labute approximate surface area is 175 Å². The Morgan fingerprint density at radius 3 is 2.32 bits per heavy atom. The van der Waals surface area contributed by atoms with Crippen LogP contribution in [0.25, 0.3) is 0 Å². The number of ether oxygens (including phenoxy) is 2. The van der Waals surface area contributed by atoms with Crippen molar-refractivity contribution >= 4 is 28.1 Å². The third-order valence-corrected chi connectivity index (χ3v) is 4.60. The molecule has 0 unspecified atom stereocenters. The summed E-state index contributed by atoms with van der Waals surface area (Å²) < 4.78 is 12.0. The van der Waals surface area contributed by atoms with Gasteiger partial charge >= 0.3 is 0 Å². The Balaban J connectivity index is 2.10. The molecule has 6 heteroatoms. The summed E-state index contributed by atoms with van der Waals surface area (Å²) in [5, 5.41) is 4.07. The zero-order chi connectivity index (χ0) is 20.7. The Kier molecular flexibility index (Phi) is 7.63. The van der Waals surface area contributed by atoms with Gasteiger partial charge in [-0.15, -0.1) is 0 Å². The number of rotatable bonds is 7. The van der Waals surface area contributed by atoms with E-state index >= 15 is 0 Å². The molecule has 0 fully saturated rings. The van der Waals surface area contributed by atoms with Gasteiger partial charge in [-0.2, -0.15) is 5.10 Å². The van der Waals surface area contributed by atoms with Crippen molar-refractivity contribution in [3.05, 3.63) is 57.6 Å². The van der Waals surface area contributed by atoms with Crippen LogP contribution in [0.1, 0.15) is 56.1 Å². The lowest BCUT2D eigenvalue weighted by molar-refractivity contribution is 0.0955. The number of carbonyl (C=O) groups is 1. The highest BCUT2D eigenvalue weighted by Gasteiger charge is 2.14. The number of halogens is 1. The van der Waals surface area contributed by atoms with Crippen LogP contribution in [0.15, 0.2) is 46.0 Å². The molecule has 0 aliphatic carbocycles. The van der Waals surface area contributed by atoms with Crippen LogP contribution < -0.4 is 14.9 Å². The summed E-state index contributed by atoms with van der Waals surface area (Å²) in [5.74, 6) is 1.03. The first kappa shape index (κ1) is 22.0. The molecule has 0 atom stereocenters. The van der Waals surface area contributed by atoms with E-state index in [1.54, 1.807) is 6.21 Å². The number of nitrogens with zero attached hydrogens (tertiary/aromatic N) is 1. The molecule has 2 aromatic carbocycles. The van der Waals surface area contributed by atoms with E-state index in [0.29, 0.717) is 30.3 Å². The molecule has 0 saturated carbocycles. The molecule has 0 aliphatic heterocycles. The molecular weight excluding hydrogens is 420 g/mol. The Morgan fingerprint density at radius 2 is 1.75 bits per heavy atom. The second-order valence-corrected chi connectivity index (χ2v) is 8.08. The van der Waals surface area contributed by atoms with Gasteiger partial charge in [0.25, 0.3) is 5.91 Å². The van der Waals surface area contributed by atoms with Crippen LogP contribution in [-0.4, -0.2) is 25.3 Å². The number of nitrogens with one attached hydrogen (secondary N) is 1. The minimum Gasteiger partial charge on any atom is -0.490 e. The van der Waals surface area contributed by atoms with Crippen LogP contribution in [-0.2, 0) is 5.41 Å². The van der Waals surface area contributed by atoms with E-state index in [-0.39, 0.29) is 11.3 Å². The van der Waals surface area contributed by atoms with Gasteiger partial charge in [-0.1, -0.05) is 32.9 Å². The van der Waals surface area contributed by atoms with E-state index in [1.807, 2.05) is 50.2 Å². The van der Waals surface area contributed by atoms with Crippen LogP contribution in [0.5, 0.6) is 11.5 Å². The molecule has 0 aliphatic rings. The summed E-state index contributed by atoms with van der Waals surface area (Å²) in [4.78, 5) is 12.3. The number of amides is 1. The van der Waals surface area contributed by atoms with Crippen LogP contribution in [0.4, 0.5) is 0 Å². The van der Waals surface area contributed by atoms with E-state index in [9.17, 15) is 4.79 Å². The predicted molar refractivity (Wildman–Crippen MR) is 117 cm³/mol. The van der Waals surface area contributed by atoms with E-state index in [0.717, 1.165) is 10.0 Å². The van der Waals surface area contributed by atoms with Crippen LogP contribution >= 0.6 is 15.9 Å². The second kappa shape index (κ2) is 9.73. The standard InChI is InChI=1S/C22H27BrN2O3/c1-6-27-19-13-15(12-18(23)20(19)28-7-2)14-24-25-21(26)16-8-10-17(11-9-16)22(3,4)5/h8-14H,6-7H2,1-5H3,(H,25,26)/b24-14-. The van der Waals surface area contributed by atoms with E-state index in [2.05, 4.69) is 47.2 Å².